The fraction of sp³-hybridized carbons (Fsp3) is 0.900. The first-order chi connectivity index (χ1) is 10.3. The summed E-state index contributed by atoms with van der Waals surface area (Å²) in [5.74, 6) is 0. The largest absolute Gasteiger partial charge is 0.393 e. The molecule has 0 amide bonds. The molecule has 0 radical (unpaired) electrons. The monoisotopic (exact) mass is 294 g/mol. The molecular formula is C20H38O. The first-order valence-electron chi connectivity index (χ1n) is 9.69. The summed E-state index contributed by atoms with van der Waals surface area (Å²) in [7, 11) is 0. The van der Waals surface area contributed by atoms with Crippen molar-refractivity contribution in [1.82, 2.24) is 0 Å². The van der Waals surface area contributed by atoms with Crippen LogP contribution >= 0.6 is 0 Å². The van der Waals surface area contributed by atoms with E-state index in [0.29, 0.717) is 0 Å². The van der Waals surface area contributed by atoms with E-state index in [-0.39, 0.29) is 6.10 Å². The average molecular weight is 295 g/mol. The maximum atomic E-state index is 9.63. The molecule has 0 aromatic heterocycles. The topological polar surface area (TPSA) is 20.2 Å². The van der Waals surface area contributed by atoms with Gasteiger partial charge in [0.15, 0.2) is 0 Å². The van der Waals surface area contributed by atoms with Gasteiger partial charge in [-0.15, -0.1) is 0 Å². The summed E-state index contributed by atoms with van der Waals surface area (Å²) in [6, 6.07) is 0. The Morgan fingerprint density at radius 3 is 2.05 bits per heavy atom. The molecule has 0 aromatic rings. The summed E-state index contributed by atoms with van der Waals surface area (Å²) >= 11 is 0. The summed E-state index contributed by atoms with van der Waals surface area (Å²) < 4.78 is 0. The van der Waals surface area contributed by atoms with Crippen molar-refractivity contribution in [2.75, 3.05) is 0 Å². The molecule has 0 bridgehead atoms. The lowest BCUT2D eigenvalue weighted by atomic mass is 9.91. The summed E-state index contributed by atoms with van der Waals surface area (Å²) in [4.78, 5) is 0. The van der Waals surface area contributed by atoms with Gasteiger partial charge in [0.1, 0.15) is 0 Å². The van der Waals surface area contributed by atoms with Crippen molar-refractivity contribution in [3.05, 3.63) is 11.6 Å². The summed E-state index contributed by atoms with van der Waals surface area (Å²) in [5.41, 5.74) is 1.51. The molecule has 1 unspecified atom stereocenters. The van der Waals surface area contributed by atoms with Crippen molar-refractivity contribution in [3.63, 3.8) is 0 Å². The minimum absolute atomic E-state index is 0.0534. The highest BCUT2D eigenvalue weighted by Gasteiger charge is 2.13. The van der Waals surface area contributed by atoms with Crippen LogP contribution in [-0.2, 0) is 0 Å². The zero-order chi connectivity index (χ0) is 15.2. The minimum atomic E-state index is -0.0534. The van der Waals surface area contributed by atoms with Gasteiger partial charge < -0.3 is 5.11 Å². The van der Waals surface area contributed by atoms with Gasteiger partial charge >= 0.3 is 0 Å². The molecule has 0 spiro atoms. The van der Waals surface area contributed by atoms with E-state index in [4.69, 9.17) is 0 Å². The third-order valence-electron chi connectivity index (χ3n) is 4.77. The Kier molecular flexibility index (Phi) is 11.9. The van der Waals surface area contributed by atoms with E-state index in [1.165, 1.54) is 95.5 Å². The van der Waals surface area contributed by atoms with E-state index in [9.17, 15) is 5.11 Å². The number of allylic oxidation sites excluding steroid dienone is 1. The number of aliphatic hydroxyl groups is 1. The Bertz CT molecular complexity index is 257. The Morgan fingerprint density at radius 2 is 1.48 bits per heavy atom. The molecule has 1 nitrogen and oxygen atoms in total. The van der Waals surface area contributed by atoms with E-state index in [1.54, 1.807) is 0 Å². The molecule has 124 valence electrons. The van der Waals surface area contributed by atoms with Crippen LogP contribution in [0.4, 0.5) is 0 Å². The molecule has 1 N–H and O–H groups in total. The fourth-order valence-electron chi connectivity index (χ4n) is 3.37. The van der Waals surface area contributed by atoms with Gasteiger partial charge in [-0.3, -0.25) is 0 Å². The molecule has 1 atom stereocenters. The van der Waals surface area contributed by atoms with E-state index in [1.807, 2.05) is 0 Å². The highest BCUT2D eigenvalue weighted by atomic mass is 16.3. The maximum Gasteiger partial charge on any atom is 0.0577 e. The Morgan fingerprint density at radius 1 is 0.905 bits per heavy atom. The maximum absolute atomic E-state index is 9.63. The van der Waals surface area contributed by atoms with Crippen LogP contribution in [0.2, 0.25) is 0 Å². The highest BCUT2D eigenvalue weighted by molar-refractivity contribution is 5.06. The molecule has 0 saturated heterocycles. The molecule has 1 rings (SSSR count). The molecule has 0 heterocycles. The Labute approximate surface area is 133 Å². The highest BCUT2D eigenvalue weighted by Crippen LogP contribution is 2.24. The molecule has 1 fully saturated rings. The molecule has 1 saturated carbocycles. The van der Waals surface area contributed by atoms with Crippen molar-refractivity contribution >= 4 is 0 Å². The third kappa shape index (κ3) is 11.0. The number of hydrogen-bond acceptors (Lipinski definition) is 1. The van der Waals surface area contributed by atoms with Gasteiger partial charge in [-0.25, -0.2) is 0 Å². The normalized spacial score (nSPS) is 21.0. The second-order valence-corrected chi connectivity index (χ2v) is 6.94. The SMILES string of the molecule is CCCCCCCCCCCCCC=C1CCCC(O)C1. The fourth-order valence-corrected chi connectivity index (χ4v) is 3.37. The molecule has 1 aliphatic rings. The predicted octanol–water partition coefficient (Wildman–Crippen LogP) is 6.55. The zero-order valence-electron chi connectivity index (χ0n) is 14.4. The van der Waals surface area contributed by atoms with Crippen molar-refractivity contribution in [2.24, 2.45) is 0 Å². The number of rotatable bonds is 12. The Balaban J connectivity index is 1.81. The molecule has 0 aliphatic heterocycles. The number of hydrogen-bond donors (Lipinski definition) is 1. The van der Waals surface area contributed by atoms with Crippen molar-refractivity contribution < 1.29 is 5.11 Å². The van der Waals surface area contributed by atoms with Crippen LogP contribution in [0.25, 0.3) is 0 Å². The van der Waals surface area contributed by atoms with Crippen LogP contribution in [0.3, 0.4) is 0 Å². The third-order valence-corrected chi connectivity index (χ3v) is 4.77. The van der Waals surface area contributed by atoms with E-state index < -0.39 is 0 Å². The van der Waals surface area contributed by atoms with Crippen LogP contribution in [0.5, 0.6) is 0 Å². The summed E-state index contributed by atoms with van der Waals surface area (Å²) in [6.45, 7) is 2.28. The summed E-state index contributed by atoms with van der Waals surface area (Å²) in [5, 5.41) is 9.63. The van der Waals surface area contributed by atoms with E-state index in [0.717, 1.165) is 12.8 Å². The second-order valence-electron chi connectivity index (χ2n) is 6.94. The van der Waals surface area contributed by atoms with Crippen molar-refractivity contribution in [1.29, 1.82) is 0 Å². The van der Waals surface area contributed by atoms with Gasteiger partial charge in [0.05, 0.1) is 6.10 Å². The van der Waals surface area contributed by atoms with Crippen molar-refractivity contribution in [2.45, 2.75) is 116 Å². The van der Waals surface area contributed by atoms with Crippen LogP contribution in [0.15, 0.2) is 11.6 Å². The molecule has 21 heavy (non-hydrogen) atoms. The average Bonchev–Trinajstić information content (AvgIpc) is 2.48. The standard InChI is InChI=1S/C20H38O/c1-2-3-4-5-6-7-8-9-10-11-12-13-15-19-16-14-17-20(21)18-19/h15,20-21H,2-14,16-18H2,1H3. The zero-order valence-corrected chi connectivity index (χ0v) is 14.4. The molecule has 1 heteroatoms. The van der Waals surface area contributed by atoms with Crippen LogP contribution in [0.1, 0.15) is 110 Å². The Hall–Kier alpha value is -0.300. The van der Waals surface area contributed by atoms with Gasteiger partial charge in [-0.05, 0) is 38.5 Å². The van der Waals surface area contributed by atoms with Gasteiger partial charge in [-0.1, -0.05) is 82.8 Å². The van der Waals surface area contributed by atoms with E-state index in [2.05, 4.69) is 13.0 Å². The van der Waals surface area contributed by atoms with Gasteiger partial charge in [0.2, 0.25) is 0 Å². The lowest BCUT2D eigenvalue weighted by Gasteiger charge is -2.19. The molecular weight excluding hydrogens is 256 g/mol. The lowest BCUT2D eigenvalue weighted by molar-refractivity contribution is 0.149. The van der Waals surface area contributed by atoms with Gasteiger partial charge in [0, 0.05) is 0 Å². The lowest BCUT2D eigenvalue weighted by Crippen LogP contribution is -2.12. The van der Waals surface area contributed by atoms with E-state index >= 15 is 0 Å². The predicted molar refractivity (Wildman–Crippen MR) is 93.6 cm³/mol. The molecule has 0 aromatic carbocycles. The molecule has 1 aliphatic carbocycles. The van der Waals surface area contributed by atoms with Crippen LogP contribution in [-0.4, -0.2) is 11.2 Å². The quantitative estimate of drug-likeness (QED) is 0.319. The minimum Gasteiger partial charge on any atom is -0.393 e. The van der Waals surface area contributed by atoms with Gasteiger partial charge in [0.25, 0.3) is 0 Å². The van der Waals surface area contributed by atoms with Gasteiger partial charge in [-0.2, -0.15) is 0 Å². The number of aliphatic hydroxyl groups excluding tert-OH is 1. The van der Waals surface area contributed by atoms with Crippen LogP contribution in [0, 0.1) is 0 Å². The smallest absolute Gasteiger partial charge is 0.0577 e. The summed E-state index contributed by atoms with van der Waals surface area (Å²) in [6.07, 6.45) is 23.6. The second kappa shape index (κ2) is 13.4. The number of unbranched alkanes of at least 4 members (excludes halogenated alkanes) is 11. The van der Waals surface area contributed by atoms with Crippen molar-refractivity contribution in [3.8, 4) is 0 Å². The van der Waals surface area contributed by atoms with Crippen LogP contribution < -0.4 is 0 Å². The first-order valence-corrected chi connectivity index (χ1v) is 9.69. The first kappa shape index (κ1) is 18.7.